The maximum atomic E-state index is 12.1. The van der Waals surface area contributed by atoms with Gasteiger partial charge in [0.15, 0.2) is 0 Å². The monoisotopic (exact) mass is 308 g/mol. The van der Waals surface area contributed by atoms with Gasteiger partial charge in [0.25, 0.3) is 5.91 Å². The van der Waals surface area contributed by atoms with Crippen LogP contribution in [0.1, 0.15) is 52.2 Å². The number of thiophene rings is 1. The van der Waals surface area contributed by atoms with Crippen molar-refractivity contribution in [3.63, 3.8) is 0 Å². The summed E-state index contributed by atoms with van der Waals surface area (Å²) < 4.78 is 0. The highest BCUT2D eigenvalue weighted by atomic mass is 32.1. The quantitative estimate of drug-likeness (QED) is 0.850. The van der Waals surface area contributed by atoms with Crippen LogP contribution in [0.5, 0.6) is 0 Å². The summed E-state index contributed by atoms with van der Waals surface area (Å²) in [6, 6.07) is 1.94. The zero-order valence-corrected chi connectivity index (χ0v) is 13.7. The average Bonchev–Trinajstić information content (AvgIpc) is 2.65. The van der Waals surface area contributed by atoms with Crippen molar-refractivity contribution in [2.75, 3.05) is 19.6 Å². The van der Waals surface area contributed by atoms with E-state index in [1.807, 2.05) is 24.8 Å². The van der Waals surface area contributed by atoms with Crippen LogP contribution in [0.15, 0.2) is 6.07 Å². The number of nitrogens with one attached hydrogen (secondary N) is 1. The maximum absolute atomic E-state index is 12.1. The molecule has 116 valence electrons. The van der Waals surface area contributed by atoms with Gasteiger partial charge in [-0.3, -0.25) is 9.59 Å². The van der Waals surface area contributed by atoms with Crippen LogP contribution in [0, 0.1) is 13.8 Å². The molecule has 2 amide bonds. The van der Waals surface area contributed by atoms with E-state index in [-0.39, 0.29) is 11.8 Å². The van der Waals surface area contributed by atoms with Crippen LogP contribution >= 0.6 is 11.3 Å². The summed E-state index contributed by atoms with van der Waals surface area (Å²) in [4.78, 5) is 28.1. The van der Waals surface area contributed by atoms with E-state index in [1.54, 1.807) is 11.3 Å². The zero-order chi connectivity index (χ0) is 15.2. The Bertz CT molecular complexity index is 510. The number of hydrogen-bond donors (Lipinski definition) is 1. The van der Waals surface area contributed by atoms with Crippen molar-refractivity contribution in [1.29, 1.82) is 0 Å². The van der Waals surface area contributed by atoms with Crippen LogP contribution in [0.2, 0.25) is 0 Å². The maximum Gasteiger partial charge on any atom is 0.252 e. The van der Waals surface area contributed by atoms with Crippen LogP contribution in [0.25, 0.3) is 0 Å². The number of hydrogen-bond acceptors (Lipinski definition) is 3. The van der Waals surface area contributed by atoms with Crippen LogP contribution in [-0.2, 0) is 4.79 Å². The molecule has 0 radical (unpaired) electrons. The Hall–Kier alpha value is -1.36. The predicted molar refractivity (Wildman–Crippen MR) is 85.8 cm³/mol. The molecule has 0 bridgehead atoms. The normalized spacial score (nSPS) is 15.9. The number of carbonyl (C=O) groups is 2. The zero-order valence-electron chi connectivity index (χ0n) is 12.9. The Morgan fingerprint density at radius 1 is 1.33 bits per heavy atom. The van der Waals surface area contributed by atoms with Crippen molar-refractivity contribution in [2.24, 2.45) is 0 Å². The molecule has 0 aromatic carbocycles. The summed E-state index contributed by atoms with van der Waals surface area (Å²) >= 11 is 1.65. The second-order valence-electron chi connectivity index (χ2n) is 5.63. The van der Waals surface area contributed by atoms with Crippen LogP contribution in [0.3, 0.4) is 0 Å². The number of aryl methyl sites for hydroxylation is 2. The second kappa shape index (κ2) is 7.59. The molecule has 1 aromatic heterocycles. The first kappa shape index (κ1) is 16.0. The molecule has 0 unspecified atom stereocenters. The highest BCUT2D eigenvalue weighted by molar-refractivity contribution is 7.12. The van der Waals surface area contributed by atoms with Gasteiger partial charge in [0.05, 0.1) is 5.56 Å². The lowest BCUT2D eigenvalue weighted by Gasteiger charge is -2.20. The minimum absolute atomic E-state index is 0.000886. The van der Waals surface area contributed by atoms with Crippen molar-refractivity contribution in [3.8, 4) is 0 Å². The van der Waals surface area contributed by atoms with Crippen LogP contribution in [0.4, 0.5) is 0 Å². The minimum Gasteiger partial charge on any atom is -0.352 e. The summed E-state index contributed by atoms with van der Waals surface area (Å²) in [6.07, 6.45) is 4.77. The SMILES string of the molecule is Cc1cc(C(=O)NCCCN2CCCCCC2=O)c(C)s1. The van der Waals surface area contributed by atoms with Gasteiger partial charge >= 0.3 is 0 Å². The number of rotatable bonds is 5. The summed E-state index contributed by atoms with van der Waals surface area (Å²) in [5, 5.41) is 2.95. The van der Waals surface area contributed by atoms with E-state index in [4.69, 9.17) is 0 Å². The highest BCUT2D eigenvalue weighted by Crippen LogP contribution is 2.20. The molecule has 0 aliphatic carbocycles. The number of carbonyl (C=O) groups excluding carboxylic acids is 2. The minimum atomic E-state index is -0.000886. The van der Waals surface area contributed by atoms with E-state index in [0.29, 0.717) is 13.0 Å². The van der Waals surface area contributed by atoms with Crippen molar-refractivity contribution >= 4 is 23.2 Å². The predicted octanol–water partition coefficient (Wildman–Crippen LogP) is 2.89. The molecular weight excluding hydrogens is 284 g/mol. The number of likely N-dealkylation sites (tertiary alicyclic amines) is 1. The molecule has 0 saturated carbocycles. The molecule has 1 aliphatic heterocycles. The smallest absolute Gasteiger partial charge is 0.252 e. The Balaban J connectivity index is 1.73. The van der Waals surface area contributed by atoms with Gasteiger partial charge in [-0.2, -0.15) is 0 Å². The number of amides is 2. The van der Waals surface area contributed by atoms with Gasteiger partial charge in [-0.15, -0.1) is 11.3 Å². The van der Waals surface area contributed by atoms with Crippen LogP contribution in [-0.4, -0.2) is 36.3 Å². The van der Waals surface area contributed by atoms with E-state index < -0.39 is 0 Å². The van der Waals surface area contributed by atoms with E-state index in [0.717, 1.165) is 54.1 Å². The fourth-order valence-corrected chi connectivity index (χ4v) is 3.62. The van der Waals surface area contributed by atoms with E-state index in [2.05, 4.69) is 5.32 Å². The Labute approximate surface area is 130 Å². The standard InChI is InChI=1S/C16H24N2O2S/c1-12-11-14(13(2)21-12)16(20)17-8-6-10-18-9-5-3-4-7-15(18)19/h11H,3-10H2,1-2H3,(H,17,20). The summed E-state index contributed by atoms with van der Waals surface area (Å²) in [6.45, 7) is 6.23. The molecule has 4 nitrogen and oxygen atoms in total. The highest BCUT2D eigenvalue weighted by Gasteiger charge is 2.16. The average molecular weight is 308 g/mol. The molecule has 2 rings (SSSR count). The third-order valence-electron chi connectivity index (χ3n) is 3.85. The van der Waals surface area contributed by atoms with Crippen molar-refractivity contribution < 1.29 is 9.59 Å². The molecule has 0 atom stereocenters. The molecule has 1 N–H and O–H groups in total. The molecule has 1 fully saturated rings. The molecule has 1 aromatic rings. The molecule has 5 heteroatoms. The Morgan fingerprint density at radius 2 is 2.14 bits per heavy atom. The molecule has 21 heavy (non-hydrogen) atoms. The molecule has 0 spiro atoms. The summed E-state index contributed by atoms with van der Waals surface area (Å²) in [7, 11) is 0. The van der Waals surface area contributed by atoms with Gasteiger partial charge in [0.2, 0.25) is 5.91 Å². The van der Waals surface area contributed by atoms with Gasteiger partial charge in [-0.1, -0.05) is 6.42 Å². The fraction of sp³-hybridized carbons (Fsp3) is 0.625. The van der Waals surface area contributed by atoms with Gasteiger partial charge in [-0.25, -0.2) is 0 Å². The molecular formula is C16H24N2O2S. The first-order valence-electron chi connectivity index (χ1n) is 7.71. The lowest BCUT2D eigenvalue weighted by Crippen LogP contribution is -2.34. The van der Waals surface area contributed by atoms with Gasteiger partial charge in [0.1, 0.15) is 0 Å². The van der Waals surface area contributed by atoms with E-state index in [1.165, 1.54) is 0 Å². The topological polar surface area (TPSA) is 49.4 Å². The Kier molecular flexibility index (Phi) is 5.79. The summed E-state index contributed by atoms with van der Waals surface area (Å²) in [5.41, 5.74) is 0.781. The van der Waals surface area contributed by atoms with Gasteiger partial charge < -0.3 is 10.2 Å². The molecule has 1 saturated heterocycles. The number of nitrogens with zero attached hydrogens (tertiary/aromatic N) is 1. The van der Waals surface area contributed by atoms with E-state index in [9.17, 15) is 9.59 Å². The van der Waals surface area contributed by atoms with Crippen molar-refractivity contribution in [3.05, 3.63) is 21.4 Å². The van der Waals surface area contributed by atoms with Crippen molar-refractivity contribution in [1.82, 2.24) is 10.2 Å². The van der Waals surface area contributed by atoms with Crippen LogP contribution < -0.4 is 5.32 Å². The third kappa shape index (κ3) is 4.56. The first-order chi connectivity index (χ1) is 10.1. The third-order valence-corrected chi connectivity index (χ3v) is 4.81. The van der Waals surface area contributed by atoms with Gasteiger partial charge in [-0.05, 0) is 39.2 Å². The fourth-order valence-electron chi connectivity index (χ4n) is 2.70. The largest absolute Gasteiger partial charge is 0.352 e. The molecule has 1 aliphatic rings. The lowest BCUT2D eigenvalue weighted by atomic mass is 10.2. The summed E-state index contributed by atoms with van der Waals surface area (Å²) in [5.74, 6) is 0.266. The lowest BCUT2D eigenvalue weighted by molar-refractivity contribution is -0.130. The molecule has 2 heterocycles. The van der Waals surface area contributed by atoms with E-state index >= 15 is 0 Å². The Morgan fingerprint density at radius 3 is 2.86 bits per heavy atom. The van der Waals surface area contributed by atoms with Gasteiger partial charge in [0, 0.05) is 35.8 Å². The van der Waals surface area contributed by atoms with Crippen molar-refractivity contribution in [2.45, 2.75) is 46.0 Å². The second-order valence-corrected chi connectivity index (χ2v) is 7.09. The first-order valence-corrected chi connectivity index (χ1v) is 8.52.